The van der Waals surface area contributed by atoms with Gasteiger partial charge in [0.05, 0.1) is 29.9 Å². The van der Waals surface area contributed by atoms with Gasteiger partial charge in [0.1, 0.15) is 0 Å². The summed E-state index contributed by atoms with van der Waals surface area (Å²) in [6.07, 6.45) is 1.18. The zero-order valence-corrected chi connectivity index (χ0v) is 11.9. The summed E-state index contributed by atoms with van der Waals surface area (Å²) >= 11 is 6.26. The molecule has 0 aliphatic heterocycles. The minimum Gasteiger partial charge on any atom is -0.469 e. The van der Waals surface area contributed by atoms with E-state index in [4.69, 9.17) is 11.6 Å². The second kappa shape index (κ2) is 7.38. The molecule has 0 spiro atoms. The first-order valence-corrected chi connectivity index (χ1v) is 6.53. The van der Waals surface area contributed by atoms with Gasteiger partial charge < -0.3 is 10.1 Å². The van der Waals surface area contributed by atoms with Crippen LogP contribution < -0.4 is 5.32 Å². The molecule has 0 saturated heterocycles. The Labute approximate surface area is 112 Å². The minimum atomic E-state index is -0.216. The van der Waals surface area contributed by atoms with Crippen molar-refractivity contribution < 1.29 is 9.53 Å². The van der Waals surface area contributed by atoms with Crippen LogP contribution in [0, 0.1) is 0 Å². The molecule has 1 N–H and O–H groups in total. The van der Waals surface area contributed by atoms with Crippen LogP contribution in [0.4, 0.5) is 0 Å². The highest BCUT2D eigenvalue weighted by Crippen LogP contribution is 2.21. The van der Waals surface area contributed by atoms with Crippen molar-refractivity contribution >= 4 is 17.6 Å². The number of nitrogens with one attached hydrogen (secondary N) is 1. The molecule has 0 amide bonds. The predicted molar refractivity (Wildman–Crippen MR) is 70.6 cm³/mol. The largest absolute Gasteiger partial charge is 0.469 e. The Kier molecular flexibility index (Phi) is 6.15. The fraction of sp³-hybridized carbons (Fsp3) is 0.667. The highest BCUT2D eigenvalue weighted by atomic mass is 35.5. The van der Waals surface area contributed by atoms with E-state index in [0.717, 1.165) is 29.4 Å². The van der Waals surface area contributed by atoms with Gasteiger partial charge in [0.25, 0.3) is 0 Å². The fourth-order valence-corrected chi connectivity index (χ4v) is 2.02. The van der Waals surface area contributed by atoms with Crippen LogP contribution in [-0.4, -0.2) is 29.4 Å². The standard InChI is InChI=1S/C12H20ClN3O2/c1-4-9-12(13)10(16(5-2)15-9)8-14-7-6-11(17)18-3/h14H,4-8H2,1-3H3. The van der Waals surface area contributed by atoms with Gasteiger partial charge in [-0.15, -0.1) is 0 Å². The summed E-state index contributed by atoms with van der Waals surface area (Å²) in [6, 6.07) is 0. The smallest absolute Gasteiger partial charge is 0.306 e. The van der Waals surface area contributed by atoms with E-state index in [-0.39, 0.29) is 5.97 Å². The number of halogens is 1. The molecule has 6 heteroatoms. The Morgan fingerprint density at radius 3 is 2.78 bits per heavy atom. The molecule has 102 valence electrons. The van der Waals surface area contributed by atoms with Crippen LogP contribution in [0.3, 0.4) is 0 Å². The van der Waals surface area contributed by atoms with Crippen LogP contribution in [0.5, 0.6) is 0 Å². The highest BCUT2D eigenvalue weighted by molar-refractivity contribution is 6.31. The third-order valence-corrected chi connectivity index (χ3v) is 3.16. The summed E-state index contributed by atoms with van der Waals surface area (Å²) in [5.41, 5.74) is 1.89. The van der Waals surface area contributed by atoms with Gasteiger partial charge in [0.15, 0.2) is 0 Å². The third kappa shape index (κ3) is 3.71. The number of ether oxygens (including phenoxy) is 1. The molecule has 1 aromatic rings. The first kappa shape index (κ1) is 15.0. The van der Waals surface area contributed by atoms with E-state index in [2.05, 4.69) is 15.2 Å². The van der Waals surface area contributed by atoms with Crippen molar-refractivity contribution in [3.8, 4) is 0 Å². The minimum absolute atomic E-state index is 0.216. The number of nitrogens with zero attached hydrogens (tertiary/aromatic N) is 2. The molecule has 1 aromatic heterocycles. The number of aryl methyl sites for hydroxylation is 2. The molecule has 0 atom stereocenters. The van der Waals surface area contributed by atoms with Crippen LogP contribution in [0.1, 0.15) is 31.7 Å². The summed E-state index contributed by atoms with van der Waals surface area (Å²) < 4.78 is 6.47. The Morgan fingerprint density at radius 2 is 2.22 bits per heavy atom. The maximum Gasteiger partial charge on any atom is 0.306 e. The van der Waals surface area contributed by atoms with Crippen LogP contribution in [0.25, 0.3) is 0 Å². The van der Waals surface area contributed by atoms with Crippen molar-refractivity contribution in [3.63, 3.8) is 0 Å². The number of carbonyl (C=O) groups excluding carboxylic acids is 1. The van der Waals surface area contributed by atoms with Crippen LogP contribution in [0.2, 0.25) is 5.02 Å². The second-order valence-electron chi connectivity index (χ2n) is 3.88. The summed E-state index contributed by atoms with van der Waals surface area (Å²) in [6.45, 7) is 6.02. The van der Waals surface area contributed by atoms with Crippen molar-refractivity contribution in [1.29, 1.82) is 0 Å². The summed E-state index contributed by atoms with van der Waals surface area (Å²) in [5.74, 6) is -0.216. The van der Waals surface area contributed by atoms with E-state index in [0.29, 0.717) is 19.5 Å². The first-order valence-electron chi connectivity index (χ1n) is 6.15. The van der Waals surface area contributed by atoms with Crippen LogP contribution in [-0.2, 0) is 29.0 Å². The number of aromatic nitrogens is 2. The molecule has 0 aromatic carbocycles. The maximum absolute atomic E-state index is 11.0. The third-order valence-electron chi connectivity index (χ3n) is 2.72. The normalized spacial score (nSPS) is 10.7. The average Bonchev–Trinajstić information content (AvgIpc) is 2.70. The van der Waals surface area contributed by atoms with E-state index in [1.807, 2.05) is 18.5 Å². The quantitative estimate of drug-likeness (QED) is 0.608. The molecule has 5 nitrogen and oxygen atoms in total. The van der Waals surface area contributed by atoms with Crippen molar-refractivity contribution in [2.75, 3.05) is 13.7 Å². The number of esters is 1. The van der Waals surface area contributed by atoms with Crippen molar-refractivity contribution in [2.24, 2.45) is 0 Å². The van der Waals surface area contributed by atoms with Gasteiger partial charge in [-0.25, -0.2) is 0 Å². The molecular formula is C12H20ClN3O2. The van der Waals surface area contributed by atoms with E-state index in [1.54, 1.807) is 0 Å². The zero-order chi connectivity index (χ0) is 13.5. The lowest BCUT2D eigenvalue weighted by atomic mass is 10.3. The molecule has 0 aliphatic carbocycles. The lowest BCUT2D eigenvalue weighted by molar-refractivity contribution is -0.140. The zero-order valence-electron chi connectivity index (χ0n) is 11.1. The number of hydrogen-bond donors (Lipinski definition) is 1. The molecule has 0 bridgehead atoms. The highest BCUT2D eigenvalue weighted by Gasteiger charge is 2.13. The molecule has 0 aliphatic rings. The van der Waals surface area contributed by atoms with Crippen molar-refractivity contribution in [2.45, 2.75) is 39.8 Å². The Hall–Kier alpha value is -1.07. The number of rotatable bonds is 7. The van der Waals surface area contributed by atoms with Gasteiger partial charge in [-0.3, -0.25) is 9.48 Å². The van der Waals surface area contributed by atoms with Crippen LogP contribution in [0.15, 0.2) is 0 Å². The molecule has 18 heavy (non-hydrogen) atoms. The summed E-state index contributed by atoms with van der Waals surface area (Å²) in [5, 5.41) is 8.33. The molecule has 0 unspecified atom stereocenters. The number of methoxy groups -OCH3 is 1. The Balaban J connectivity index is 2.55. The van der Waals surface area contributed by atoms with Crippen molar-refractivity contribution in [3.05, 3.63) is 16.4 Å². The van der Waals surface area contributed by atoms with Gasteiger partial charge >= 0.3 is 5.97 Å². The molecular weight excluding hydrogens is 254 g/mol. The predicted octanol–water partition coefficient (Wildman–Crippen LogP) is 1.77. The molecule has 0 saturated carbocycles. The lowest BCUT2D eigenvalue weighted by Gasteiger charge is -2.06. The average molecular weight is 274 g/mol. The SMILES string of the molecule is CCc1nn(CC)c(CNCCC(=O)OC)c1Cl. The maximum atomic E-state index is 11.0. The Bertz CT molecular complexity index is 404. The lowest BCUT2D eigenvalue weighted by Crippen LogP contribution is -2.20. The molecule has 0 fully saturated rings. The van der Waals surface area contributed by atoms with E-state index in [1.165, 1.54) is 7.11 Å². The molecule has 0 radical (unpaired) electrons. The first-order chi connectivity index (χ1) is 8.63. The van der Waals surface area contributed by atoms with Gasteiger partial charge in [-0.2, -0.15) is 5.10 Å². The topological polar surface area (TPSA) is 56.2 Å². The number of carbonyl (C=O) groups is 1. The van der Waals surface area contributed by atoms with Crippen molar-refractivity contribution in [1.82, 2.24) is 15.1 Å². The molecule has 1 rings (SSSR count). The fourth-order valence-electron chi connectivity index (χ4n) is 1.69. The van der Waals surface area contributed by atoms with E-state index >= 15 is 0 Å². The Morgan fingerprint density at radius 1 is 1.50 bits per heavy atom. The summed E-state index contributed by atoms with van der Waals surface area (Å²) in [7, 11) is 1.39. The monoisotopic (exact) mass is 273 g/mol. The number of hydrogen-bond acceptors (Lipinski definition) is 4. The molecule has 1 heterocycles. The van der Waals surface area contributed by atoms with Gasteiger partial charge in [0, 0.05) is 19.6 Å². The van der Waals surface area contributed by atoms with E-state index < -0.39 is 0 Å². The van der Waals surface area contributed by atoms with E-state index in [9.17, 15) is 4.79 Å². The van der Waals surface area contributed by atoms with Gasteiger partial charge in [-0.05, 0) is 13.3 Å². The second-order valence-corrected chi connectivity index (χ2v) is 4.26. The van der Waals surface area contributed by atoms with Gasteiger partial charge in [0.2, 0.25) is 0 Å². The summed E-state index contributed by atoms with van der Waals surface area (Å²) in [4.78, 5) is 11.0. The van der Waals surface area contributed by atoms with Gasteiger partial charge in [-0.1, -0.05) is 18.5 Å². The van der Waals surface area contributed by atoms with Crippen LogP contribution >= 0.6 is 11.6 Å².